The monoisotopic (exact) mass is 320 g/mol. The lowest BCUT2D eigenvalue weighted by Crippen LogP contribution is -2.31. The van der Waals surface area contributed by atoms with Crippen LogP contribution in [0.25, 0.3) is 5.65 Å². The van der Waals surface area contributed by atoms with Crippen molar-refractivity contribution in [3.05, 3.63) is 53.2 Å². The molecule has 0 unspecified atom stereocenters. The zero-order valence-corrected chi connectivity index (χ0v) is 13.3. The minimum atomic E-state index is -0.0793. The first-order valence-electron chi connectivity index (χ1n) is 7.87. The predicted octanol–water partition coefficient (Wildman–Crippen LogP) is 1.76. The molecule has 4 rings (SSSR count). The maximum Gasteiger partial charge on any atom is 0.274 e. The zero-order valence-electron chi connectivity index (χ0n) is 13.3. The number of nitrogens with zero attached hydrogens (tertiary/aromatic N) is 6. The number of carbonyl (C=O) groups excluding carboxylic acids is 1. The van der Waals surface area contributed by atoms with Gasteiger partial charge in [-0.1, -0.05) is 6.07 Å². The average Bonchev–Trinajstić information content (AvgIpc) is 3.08. The van der Waals surface area contributed by atoms with Crippen LogP contribution in [-0.2, 0) is 13.1 Å². The van der Waals surface area contributed by atoms with Crippen molar-refractivity contribution in [2.24, 2.45) is 0 Å². The number of hydrogen-bond acceptors (Lipinski definition) is 4. The van der Waals surface area contributed by atoms with Gasteiger partial charge in [0.05, 0.1) is 17.9 Å². The van der Waals surface area contributed by atoms with Crippen molar-refractivity contribution in [3.63, 3.8) is 0 Å². The maximum absolute atomic E-state index is 13.0. The van der Waals surface area contributed by atoms with Gasteiger partial charge in [0.25, 0.3) is 5.91 Å². The molecule has 0 N–H and O–H groups in total. The number of rotatable bonds is 1. The minimum absolute atomic E-state index is 0.0793. The molecular formula is C17H16N6O. The number of carbonyl (C=O) groups is 1. The van der Waals surface area contributed by atoms with Gasteiger partial charge >= 0.3 is 0 Å². The summed E-state index contributed by atoms with van der Waals surface area (Å²) in [7, 11) is 0. The summed E-state index contributed by atoms with van der Waals surface area (Å²) in [5, 5.41) is 13.3. The Balaban J connectivity index is 1.68. The molecule has 1 aliphatic rings. The van der Waals surface area contributed by atoms with Gasteiger partial charge in [-0.15, -0.1) is 0 Å². The molecule has 0 fully saturated rings. The number of amides is 1. The van der Waals surface area contributed by atoms with Gasteiger partial charge in [-0.25, -0.2) is 4.98 Å². The summed E-state index contributed by atoms with van der Waals surface area (Å²) in [6, 6.07) is 9.52. The number of pyridine rings is 1. The first-order chi connectivity index (χ1) is 11.7. The van der Waals surface area contributed by atoms with Gasteiger partial charge in [-0.3, -0.25) is 9.48 Å². The lowest BCUT2D eigenvalue weighted by molar-refractivity contribution is 0.0739. The topological polar surface area (TPSA) is 79.2 Å². The Morgan fingerprint density at radius 2 is 2.21 bits per heavy atom. The van der Waals surface area contributed by atoms with E-state index < -0.39 is 0 Å². The Kier molecular flexibility index (Phi) is 3.31. The molecule has 1 aliphatic heterocycles. The molecule has 0 bridgehead atoms. The molecular weight excluding hydrogens is 304 g/mol. The third-order valence-electron chi connectivity index (χ3n) is 4.39. The van der Waals surface area contributed by atoms with Crippen molar-refractivity contribution < 1.29 is 4.79 Å². The molecule has 4 heterocycles. The molecule has 0 spiro atoms. The van der Waals surface area contributed by atoms with Crippen LogP contribution in [0.5, 0.6) is 0 Å². The van der Waals surface area contributed by atoms with Crippen molar-refractivity contribution in [3.8, 4) is 6.07 Å². The number of fused-ring (bicyclic) bond motifs is 2. The first-order valence-corrected chi connectivity index (χ1v) is 7.87. The Labute approximate surface area is 138 Å². The Bertz CT molecular complexity index is 977. The highest BCUT2D eigenvalue weighted by atomic mass is 16.2. The quantitative estimate of drug-likeness (QED) is 0.684. The molecule has 24 heavy (non-hydrogen) atoms. The molecule has 0 aromatic carbocycles. The molecule has 0 radical (unpaired) electrons. The lowest BCUT2D eigenvalue weighted by Gasteiger charge is -2.19. The Morgan fingerprint density at radius 3 is 3.00 bits per heavy atom. The second kappa shape index (κ2) is 5.49. The molecule has 0 atom stereocenters. The van der Waals surface area contributed by atoms with E-state index in [1.807, 2.05) is 40.4 Å². The SMILES string of the molecule is Cc1c(C(=O)N2CCCn3nc(C#N)cc3C2)nc2ccccn12. The summed E-state index contributed by atoms with van der Waals surface area (Å²) in [6.07, 6.45) is 2.71. The summed E-state index contributed by atoms with van der Waals surface area (Å²) in [5.74, 6) is -0.0793. The van der Waals surface area contributed by atoms with E-state index in [9.17, 15) is 4.79 Å². The van der Waals surface area contributed by atoms with Gasteiger partial charge in [0.15, 0.2) is 5.69 Å². The van der Waals surface area contributed by atoms with Crippen LogP contribution < -0.4 is 0 Å². The van der Waals surface area contributed by atoms with Crippen molar-refractivity contribution in [1.82, 2.24) is 24.1 Å². The normalized spacial score (nSPS) is 14.2. The fourth-order valence-electron chi connectivity index (χ4n) is 3.16. The zero-order chi connectivity index (χ0) is 16.7. The third-order valence-corrected chi connectivity index (χ3v) is 4.39. The van der Waals surface area contributed by atoms with Crippen LogP contribution in [0.2, 0.25) is 0 Å². The lowest BCUT2D eigenvalue weighted by atomic mass is 10.2. The number of hydrogen-bond donors (Lipinski definition) is 0. The fraction of sp³-hybridized carbons (Fsp3) is 0.294. The summed E-state index contributed by atoms with van der Waals surface area (Å²) < 4.78 is 3.74. The van der Waals surface area contributed by atoms with Gasteiger partial charge in [0.1, 0.15) is 17.4 Å². The van der Waals surface area contributed by atoms with Crippen LogP contribution in [0.1, 0.15) is 34.0 Å². The van der Waals surface area contributed by atoms with Crippen LogP contribution in [0.15, 0.2) is 30.5 Å². The largest absolute Gasteiger partial charge is 0.331 e. The second-order valence-electron chi connectivity index (χ2n) is 5.91. The van der Waals surface area contributed by atoms with Gasteiger partial charge in [-0.05, 0) is 31.5 Å². The highest BCUT2D eigenvalue weighted by Crippen LogP contribution is 2.18. The molecule has 0 saturated carbocycles. The fourth-order valence-corrected chi connectivity index (χ4v) is 3.16. The van der Waals surface area contributed by atoms with Crippen LogP contribution in [0.3, 0.4) is 0 Å². The van der Waals surface area contributed by atoms with Crippen molar-refractivity contribution in [2.75, 3.05) is 6.54 Å². The van der Waals surface area contributed by atoms with E-state index in [4.69, 9.17) is 5.26 Å². The van der Waals surface area contributed by atoms with Crippen LogP contribution in [0, 0.1) is 18.3 Å². The van der Waals surface area contributed by atoms with Crippen LogP contribution in [-0.4, -0.2) is 36.5 Å². The standard InChI is InChI=1S/C17H16N6O/c1-12-16(19-15-5-2-3-7-22(12)15)17(24)21-6-4-8-23-14(11-21)9-13(10-18)20-23/h2-3,5,7,9H,4,6,8,11H2,1H3. The van der Waals surface area contributed by atoms with E-state index in [0.29, 0.717) is 31.0 Å². The Hall–Kier alpha value is -3.14. The first kappa shape index (κ1) is 14.5. The highest BCUT2D eigenvalue weighted by Gasteiger charge is 2.25. The smallest absolute Gasteiger partial charge is 0.274 e. The van der Waals surface area contributed by atoms with Crippen molar-refractivity contribution in [1.29, 1.82) is 5.26 Å². The molecule has 3 aromatic heterocycles. The predicted molar refractivity (Wildman–Crippen MR) is 86.2 cm³/mol. The maximum atomic E-state index is 13.0. The van der Waals surface area contributed by atoms with Crippen LogP contribution >= 0.6 is 0 Å². The van der Waals surface area contributed by atoms with E-state index >= 15 is 0 Å². The summed E-state index contributed by atoms with van der Waals surface area (Å²) in [4.78, 5) is 19.3. The highest BCUT2D eigenvalue weighted by molar-refractivity contribution is 5.94. The van der Waals surface area contributed by atoms with Gasteiger partial charge in [0.2, 0.25) is 0 Å². The summed E-state index contributed by atoms with van der Waals surface area (Å²) >= 11 is 0. The molecule has 0 saturated heterocycles. The second-order valence-corrected chi connectivity index (χ2v) is 5.91. The van der Waals surface area contributed by atoms with E-state index in [-0.39, 0.29) is 5.91 Å². The molecule has 0 aliphatic carbocycles. The van der Waals surface area contributed by atoms with Crippen molar-refractivity contribution in [2.45, 2.75) is 26.4 Å². The van der Waals surface area contributed by atoms with E-state index in [1.165, 1.54) is 0 Å². The van der Waals surface area contributed by atoms with E-state index in [2.05, 4.69) is 16.2 Å². The molecule has 7 heteroatoms. The number of aromatic nitrogens is 4. The minimum Gasteiger partial charge on any atom is -0.331 e. The van der Waals surface area contributed by atoms with Crippen molar-refractivity contribution >= 4 is 11.6 Å². The van der Waals surface area contributed by atoms with Crippen LogP contribution in [0.4, 0.5) is 0 Å². The number of nitriles is 1. The number of aryl methyl sites for hydroxylation is 2. The Morgan fingerprint density at radius 1 is 1.33 bits per heavy atom. The van der Waals surface area contributed by atoms with Gasteiger partial charge in [-0.2, -0.15) is 10.4 Å². The van der Waals surface area contributed by atoms with Gasteiger partial charge < -0.3 is 9.30 Å². The molecule has 7 nitrogen and oxygen atoms in total. The van der Waals surface area contributed by atoms with E-state index in [1.54, 1.807) is 11.0 Å². The third kappa shape index (κ3) is 2.24. The molecule has 120 valence electrons. The summed E-state index contributed by atoms with van der Waals surface area (Å²) in [6.45, 7) is 3.71. The molecule has 3 aromatic rings. The van der Waals surface area contributed by atoms with Gasteiger partial charge in [0, 0.05) is 19.3 Å². The van der Waals surface area contributed by atoms with E-state index in [0.717, 1.165) is 23.5 Å². The average molecular weight is 320 g/mol. The summed E-state index contributed by atoms with van der Waals surface area (Å²) in [5.41, 5.74) is 3.37. The number of imidazole rings is 1. The molecule has 1 amide bonds.